The van der Waals surface area contributed by atoms with Gasteiger partial charge in [0.1, 0.15) is 5.76 Å². The number of aryl methyl sites for hydroxylation is 2. The molecule has 1 N–H and O–H groups in total. The highest BCUT2D eigenvalue weighted by Gasteiger charge is 2.29. The minimum absolute atomic E-state index is 0.160. The van der Waals surface area contributed by atoms with Crippen LogP contribution in [0.1, 0.15) is 35.1 Å². The van der Waals surface area contributed by atoms with Crippen LogP contribution in [0.25, 0.3) is 11.5 Å². The first-order valence-corrected chi connectivity index (χ1v) is 10.8. The third kappa shape index (κ3) is 4.47. The van der Waals surface area contributed by atoms with Crippen LogP contribution < -0.4 is 0 Å². The molecule has 1 aliphatic rings. The molecule has 0 radical (unpaired) electrons. The zero-order chi connectivity index (χ0) is 21.1. The van der Waals surface area contributed by atoms with E-state index >= 15 is 0 Å². The molecule has 154 valence electrons. The molecule has 1 atom stereocenters. The molecule has 1 aliphatic heterocycles. The second-order valence-electron chi connectivity index (χ2n) is 7.22. The largest absolute Gasteiger partial charge is 0.441 e. The van der Waals surface area contributed by atoms with E-state index in [0.717, 1.165) is 39.9 Å². The van der Waals surface area contributed by atoms with Gasteiger partial charge in [-0.1, -0.05) is 54.2 Å². The zero-order valence-electron chi connectivity index (χ0n) is 16.6. The van der Waals surface area contributed by atoms with Crippen molar-refractivity contribution in [3.05, 3.63) is 77.2 Å². The van der Waals surface area contributed by atoms with Crippen molar-refractivity contribution in [3.8, 4) is 11.5 Å². The van der Waals surface area contributed by atoms with Crippen molar-refractivity contribution in [2.24, 2.45) is 0 Å². The van der Waals surface area contributed by atoms with Crippen LogP contribution in [0, 0.1) is 6.92 Å². The van der Waals surface area contributed by atoms with Crippen molar-refractivity contribution < 1.29 is 19.1 Å². The molecular weight excluding hydrogens is 400 g/mol. The standard InChI is InChI=1S/C23H22N2O4S/c1-15-19(24-22(29-15)18-5-3-2-4-6-18)11-12-20(26)17-9-7-16(8-10-17)13-25-21(27)14-30-23(25)28/h2-10,20,26H,11-14H2,1H3. The molecule has 0 aliphatic carbocycles. The van der Waals surface area contributed by atoms with Gasteiger partial charge >= 0.3 is 0 Å². The summed E-state index contributed by atoms with van der Waals surface area (Å²) >= 11 is 1.03. The van der Waals surface area contributed by atoms with E-state index in [2.05, 4.69) is 4.98 Å². The lowest BCUT2D eigenvalue weighted by Crippen LogP contribution is -2.27. The van der Waals surface area contributed by atoms with Crippen molar-refractivity contribution in [1.82, 2.24) is 9.88 Å². The molecule has 2 heterocycles. The minimum atomic E-state index is -0.638. The van der Waals surface area contributed by atoms with Crippen molar-refractivity contribution in [3.63, 3.8) is 0 Å². The van der Waals surface area contributed by atoms with Crippen molar-refractivity contribution in [1.29, 1.82) is 0 Å². The van der Waals surface area contributed by atoms with E-state index in [1.165, 1.54) is 4.90 Å². The number of imide groups is 1. The van der Waals surface area contributed by atoms with E-state index in [1.54, 1.807) is 0 Å². The van der Waals surface area contributed by atoms with Crippen LogP contribution >= 0.6 is 11.8 Å². The maximum Gasteiger partial charge on any atom is 0.289 e. The summed E-state index contributed by atoms with van der Waals surface area (Å²) in [4.78, 5) is 29.3. The highest BCUT2D eigenvalue weighted by Crippen LogP contribution is 2.26. The average Bonchev–Trinajstić information content (AvgIpc) is 3.30. The monoisotopic (exact) mass is 422 g/mol. The number of rotatable bonds is 7. The van der Waals surface area contributed by atoms with Gasteiger partial charge in [-0.05, 0) is 43.0 Å². The quantitative estimate of drug-likeness (QED) is 0.603. The Morgan fingerprint density at radius 1 is 1.13 bits per heavy atom. The third-order valence-corrected chi connectivity index (χ3v) is 5.97. The van der Waals surface area contributed by atoms with E-state index in [1.807, 2.05) is 61.5 Å². The molecule has 2 amide bonds. The summed E-state index contributed by atoms with van der Waals surface area (Å²) in [5.74, 6) is 1.40. The summed E-state index contributed by atoms with van der Waals surface area (Å²) < 4.78 is 5.78. The number of nitrogens with zero attached hydrogens (tertiary/aromatic N) is 2. The maximum absolute atomic E-state index is 11.7. The van der Waals surface area contributed by atoms with Crippen LogP contribution in [0.4, 0.5) is 4.79 Å². The van der Waals surface area contributed by atoms with Gasteiger partial charge in [0.15, 0.2) is 0 Å². The van der Waals surface area contributed by atoms with E-state index < -0.39 is 6.10 Å². The Morgan fingerprint density at radius 3 is 2.53 bits per heavy atom. The van der Waals surface area contributed by atoms with Gasteiger partial charge in [0.2, 0.25) is 11.8 Å². The van der Waals surface area contributed by atoms with Gasteiger partial charge in [0.05, 0.1) is 24.1 Å². The number of benzene rings is 2. The Morgan fingerprint density at radius 2 is 1.87 bits per heavy atom. The summed E-state index contributed by atoms with van der Waals surface area (Å²) in [5.41, 5.74) is 3.41. The first-order chi connectivity index (χ1) is 14.5. The topological polar surface area (TPSA) is 83.6 Å². The van der Waals surface area contributed by atoms with Crippen LogP contribution in [-0.2, 0) is 17.8 Å². The Kier molecular flexibility index (Phi) is 6.01. The normalized spacial score (nSPS) is 15.1. The van der Waals surface area contributed by atoms with Crippen LogP contribution in [0.15, 0.2) is 59.0 Å². The van der Waals surface area contributed by atoms with Gasteiger partial charge in [-0.3, -0.25) is 14.5 Å². The smallest absolute Gasteiger partial charge is 0.289 e. The molecule has 1 saturated heterocycles. The third-order valence-electron chi connectivity index (χ3n) is 5.11. The first-order valence-electron chi connectivity index (χ1n) is 9.77. The summed E-state index contributed by atoms with van der Waals surface area (Å²) in [7, 11) is 0. The number of aromatic nitrogens is 1. The molecule has 0 saturated carbocycles. The Labute approximate surface area is 178 Å². The molecule has 30 heavy (non-hydrogen) atoms. The number of carbonyl (C=O) groups excluding carboxylic acids is 2. The van der Waals surface area contributed by atoms with Gasteiger partial charge in [-0.25, -0.2) is 4.98 Å². The van der Waals surface area contributed by atoms with Gasteiger partial charge in [0.25, 0.3) is 5.24 Å². The molecule has 0 bridgehead atoms. The summed E-state index contributed by atoms with van der Waals surface area (Å²) in [6.45, 7) is 2.15. The van der Waals surface area contributed by atoms with E-state index in [0.29, 0.717) is 18.7 Å². The summed E-state index contributed by atoms with van der Waals surface area (Å²) in [6, 6.07) is 17.1. The fourth-order valence-corrected chi connectivity index (χ4v) is 4.09. The molecule has 6 nitrogen and oxygen atoms in total. The Balaban J connectivity index is 1.36. The molecule has 4 rings (SSSR count). The molecule has 1 unspecified atom stereocenters. The maximum atomic E-state index is 11.7. The number of carbonyl (C=O) groups is 2. The molecule has 2 aromatic carbocycles. The second-order valence-corrected chi connectivity index (χ2v) is 8.15. The number of oxazole rings is 1. The van der Waals surface area contributed by atoms with E-state index in [4.69, 9.17) is 4.42 Å². The predicted molar refractivity (Wildman–Crippen MR) is 115 cm³/mol. The van der Waals surface area contributed by atoms with Crippen LogP contribution in [0.2, 0.25) is 0 Å². The number of aliphatic hydroxyl groups is 1. The first kappa shape index (κ1) is 20.4. The number of hydrogen-bond acceptors (Lipinski definition) is 6. The highest BCUT2D eigenvalue weighted by molar-refractivity contribution is 8.14. The molecule has 1 aromatic heterocycles. The Bertz CT molecular complexity index is 1030. The lowest BCUT2D eigenvalue weighted by Gasteiger charge is -2.14. The lowest BCUT2D eigenvalue weighted by molar-refractivity contribution is -0.125. The van der Waals surface area contributed by atoms with Crippen molar-refractivity contribution >= 4 is 22.9 Å². The van der Waals surface area contributed by atoms with E-state index in [9.17, 15) is 14.7 Å². The van der Waals surface area contributed by atoms with Crippen LogP contribution in [0.5, 0.6) is 0 Å². The molecule has 3 aromatic rings. The molecule has 7 heteroatoms. The van der Waals surface area contributed by atoms with Gasteiger partial charge in [-0.15, -0.1) is 0 Å². The fraction of sp³-hybridized carbons (Fsp3) is 0.261. The van der Waals surface area contributed by atoms with Gasteiger partial charge in [0, 0.05) is 5.56 Å². The van der Waals surface area contributed by atoms with Crippen LogP contribution in [-0.4, -0.2) is 31.9 Å². The van der Waals surface area contributed by atoms with Gasteiger partial charge < -0.3 is 9.52 Å². The summed E-state index contributed by atoms with van der Waals surface area (Å²) in [6.07, 6.45) is 0.473. The van der Waals surface area contributed by atoms with Crippen molar-refractivity contribution in [2.75, 3.05) is 5.75 Å². The number of amides is 2. The SMILES string of the molecule is Cc1oc(-c2ccccc2)nc1CCC(O)c1ccc(CN2C(=O)CSC2=O)cc1. The molecule has 0 spiro atoms. The van der Waals surface area contributed by atoms with Crippen molar-refractivity contribution in [2.45, 2.75) is 32.4 Å². The second kappa shape index (κ2) is 8.85. The van der Waals surface area contributed by atoms with Crippen LogP contribution in [0.3, 0.4) is 0 Å². The lowest BCUT2D eigenvalue weighted by atomic mass is 10.0. The molecular formula is C23H22N2O4S. The van der Waals surface area contributed by atoms with E-state index in [-0.39, 0.29) is 23.4 Å². The number of thioether (sulfide) groups is 1. The fourth-order valence-electron chi connectivity index (χ4n) is 3.37. The van der Waals surface area contributed by atoms with Gasteiger partial charge in [-0.2, -0.15) is 0 Å². The zero-order valence-corrected chi connectivity index (χ0v) is 17.4. The average molecular weight is 423 g/mol. The number of aliphatic hydroxyl groups excluding tert-OH is 1. The molecule has 1 fully saturated rings. The highest BCUT2D eigenvalue weighted by atomic mass is 32.2. The number of hydrogen-bond donors (Lipinski definition) is 1. The summed E-state index contributed by atoms with van der Waals surface area (Å²) in [5, 5.41) is 10.4. The Hall–Kier alpha value is -2.90. The minimum Gasteiger partial charge on any atom is -0.441 e. The predicted octanol–water partition coefficient (Wildman–Crippen LogP) is 4.51.